The molecule has 1 saturated carbocycles. The van der Waals surface area contributed by atoms with Crippen molar-refractivity contribution in [2.24, 2.45) is 5.92 Å². The van der Waals surface area contributed by atoms with Gasteiger partial charge in [-0.1, -0.05) is 0 Å². The average molecular weight is 143 g/mol. The van der Waals surface area contributed by atoms with Crippen LogP contribution in [-0.4, -0.2) is 12.3 Å². The molecule has 0 spiro atoms. The molecule has 1 saturated heterocycles. The Morgan fingerprint density at radius 3 is 2.90 bits per heavy atom. The van der Waals surface area contributed by atoms with E-state index >= 15 is 0 Å². The van der Waals surface area contributed by atoms with Crippen LogP contribution >= 0.6 is 0 Å². The van der Waals surface area contributed by atoms with E-state index in [0.717, 1.165) is 38.6 Å². The van der Waals surface area contributed by atoms with Crippen molar-refractivity contribution in [1.29, 1.82) is 0 Å². The zero-order valence-corrected chi connectivity index (χ0v) is 6.20. The first-order valence-corrected chi connectivity index (χ1v) is 4.25. The van der Waals surface area contributed by atoms with Crippen molar-refractivity contribution in [3.05, 3.63) is 0 Å². The van der Waals surface area contributed by atoms with Crippen molar-refractivity contribution in [1.82, 2.24) is 5.32 Å². The minimum atomic E-state index is -0.960. The first kappa shape index (κ1) is 6.59. The van der Waals surface area contributed by atoms with Crippen molar-refractivity contribution in [3.63, 3.8) is 0 Å². The highest BCUT2D eigenvalue weighted by molar-refractivity contribution is 4.93. The molecule has 10 heavy (non-hydrogen) atoms. The third-order valence-electron chi connectivity index (χ3n) is 2.89. The molecule has 1 aliphatic heterocycles. The molecule has 2 aliphatic rings. The lowest BCUT2D eigenvalue weighted by Crippen LogP contribution is -2.47. The molecule has 1 aliphatic carbocycles. The lowest BCUT2D eigenvalue weighted by molar-refractivity contribution is 0.0404. The zero-order valence-electron chi connectivity index (χ0n) is 6.20. The Balaban J connectivity index is 2.10. The fourth-order valence-corrected chi connectivity index (χ4v) is 2.29. The highest BCUT2D eigenvalue weighted by Gasteiger charge is 2.44. The van der Waals surface area contributed by atoms with Crippen LogP contribution in [0, 0.1) is 5.92 Å². The summed E-state index contributed by atoms with van der Waals surface area (Å²) < 4.78 is 13.6. The van der Waals surface area contributed by atoms with E-state index in [2.05, 4.69) is 5.32 Å². The van der Waals surface area contributed by atoms with E-state index < -0.39 is 5.79 Å². The molecule has 0 amide bonds. The molecule has 1 N–H and O–H groups in total. The van der Waals surface area contributed by atoms with E-state index in [0.29, 0.717) is 5.92 Å². The zero-order chi connectivity index (χ0) is 7.03. The van der Waals surface area contributed by atoms with Gasteiger partial charge in [0.25, 0.3) is 0 Å². The molecule has 0 radical (unpaired) electrons. The van der Waals surface area contributed by atoms with Crippen LogP contribution in [0.1, 0.15) is 32.1 Å². The number of alkyl halides is 1. The molecular weight excluding hydrogens is 129 g/mol. The molecule has 2 atom stereocenters. The van der Waals surface area contributed by atoms with Crippen molar-refractivity contribution < 1.29 is 4.39 Å². The molecule has 2 rings (SSSR count). The summed E-state index contributed by atoms with van der Waals surface area (Å²) >= 11 is 0. The Morgan fingerprint density at radius 2 is 2.10 bits per heavy atom. The molecule has 0 aromatic carbocycles. The minimum Gasteiger partial charge on any atom is -0.285 e. The van der Waals surface area contributed by atoms with Crippen LogP contribution in [-0.2, 0) is 0 Å². The van der Waals surface area contributed by atoms with E-state index in [9.17, 15) is 4.39 Å². The molecule has 2 fully saturated rings. The predicted octanol–water partition coefficient (Wildman–Crippen LogP) is 1.84. The quantitative estimate of drug-likeness (QED) is 0.510. The van der Waals surface area contributed by atoms with Crippen LogP contribution in [0.2, 0.25) is 0 Å². The number of rotatable bonds is 0. The topological polar surface area (TPSA) is 12.0 Å². The Morgan fingerprint density at radius 1 is 1.30 bits per heavy atom. The fourth-order valence-electron chi connectivity index (χ4n) is 2.29. The van der Waals surface area contributed by atoms with Crippen LogP contribution in [0.5, 0.6) is 0 Å². The molecule has 58 valence electrons. The molecule has 0 aromatic heterocycles. The number of piperidine rings is 1. The van der Waals surface area contributed by atoms with E-state index in [1.54, 1.807) is 0 Å². The minimum absolute atomic E-state index is 0.334. The largest absolute Gasteiger partial charge is 0.285 e. The summed E-state index contributed by atoms with van der Waals surface area (Å²) in [7, 11) is 0. The van der Waals surface area contributed by atoms with E-state index in [1.807, 2.05) is 0 Å². The van der Waals surface area contributed by atoms with Crippen LogP contribution < -0.4 is 5.32 Å². The predicted molar refractivity (Wildman–Crippen MR) is 38.4 cm³/mol. The summed E-state index contributed by atoms with van der Waals surface area (Å²) in [6.45, 7) is 0.882. The van der Waals surface area contributed by atoms with Gasteiger partial charge in [-0.15, -0.1) is 0 Å². The average Bonchev–Trinajstić information content (AvgIpc) is 2.29. The van der Waals surface area contributed by atoms with Crippen LogP contribution in [0.4, 0.5) is 4.39 Å². The first-order valence-electron chi connectivity index (χ1n) is 4.25. The Hall–Kier alpha value is -0.110. The maximum absolute atomic E-state index is 13.6. The van der Waals surface area contributed by atoms with Gasteiger partial charge in [0, 0.05) is 5.92 Å². The Labute approximate surface area is 61.0 Å². The maximum Gasteiger partial charge on any atom is 0.164 e. The lowest BCUT2D eigenvalue weighted by atomic mass is 9.92. The fraction of sp³-hybridized carbons (Fsp3) is 1.00. The standard InChI is InChI=1S/C8H14FN/c9-8-5-1-3-7(8)4-2-6-10-8/h7,10H,1-6H2. The van der Waals surface area contributed by atoms with Gasteiger partial charge in [-0.25, -0.2) is 4.39 Å². The molecule has 2 unspecified atom stereocenters. The van der Waals surface area contributed by atoms with Crippen LogP contribution in [0.3, 0.4) is 0 Å². The second-order valence-electron chi connectivity index (χ2n) is 3.52. The first-order chi connectivity index (χ1) is 4.81. The number of fused-ring (bicyclic) bond motifs is 1. The lowest BCUT2D eigenvalue weighted by Gasteiger charge is -2.33. The maximum atomic E-state index is 13.6. The van der Waals surface area contributed by atoms with E-state index in [4.69, 9.17) is 0 Å². The van der Waals surface area contributed by atoms with E-state index in [1.165, 1.54) is 0 Å². The Bertz CT molecular complexity index is 137. The highest BCUT2D eigenvalue weighted by Crippen LogP contribution is 2.41. The molecule has 1 heterocycles. The summed E-state index contributed by atoms with van der Waals surface area (Å²) in [6, 6.07) is 0. The van der Waals surface area contributed by atoms with Gasteiger partial charge in [-0.05, 0) is 38.6 Å². The normalized spacial score (nSPS) is 47.1. The van der Waals surface area contributed by atoms with Crippen molar-refractivity contribution in [2.75, 3.05) is 6.54 Å². The third-order valence-corrected chi connectivity index (χ3v) is 2.89. The molecule has 1 nitrogen and oxygen atoms in total. The van der Waals surface area contributed by atoms with Gasteiger partial charge in [-0.3, -0.25) is 5.32 Å². The SMILES string of the molecule is FC12CCCC1CCCN2. The summed E-state index contributed by atoms with van der Waals surface area (Å²) in [4.78, 5) is 0. The second kappa shape index (κ2) is 2.19. The van der Waals surface area contributed by atoms with Gasteiger partial charge in [-0.2, -0.15) is 0 Å². The van der Waals surface area contributed by atoms with E-state index in [-0.39, 0.29) is 0 Å². The smallest absolute Gasteiger partial charge is 0.164 e. The third kappa shape index (κ3) is 0.858. The molecule has 0 bridgehead atoms. The van der Waals surface area contributed by atoms with Gasteiger partial charge in [0.15, 0.2) is 5.79 Å². The van der Waals surface area contributed by atoms with Crippen molar-refractivity contribution in [3.8, 4) is 0 Å². The number of hydrogen-bond acceptors (Lipinski definition) is 1. The summed E-state index contributed by atoms with van der Waals surface area (Å²) in [6.07, 6.45) is 5.19. The van der Waals surface area contributed by atoms with Gasteiger partial charge in [0.1, 0.15) is 0 Å². The molecular formula is C8H14FN. The van der Waals surface area contributed by atoms with Gasteiger partial charge < -0.3 is 0 Å². The van der Waals surface area contributed by atoms with Gasteiger partial charge in [0.05, 0.1) is 0 Å². The summed E-state index contributed by atoms with van der Waals surface area (Å²) in [5.74, 6) is -0.626. The van der Waals surface area contributed by atoms with Gasteiger partial charge >= 0.3 is 0 Å². The Kier molecular flexibility index (Phi) is 1.44. The van der Waals surface area contributed by atoms with Gasteiger partial charge in [0.2, 0.25) is 0 Å². The van der Waals surface area contributed by atoms with Crippen LogP contribution in [0.15, 0.2) is 0 Å². The molecule has 2 heteroatoms. The summed E-state index contributed by atoms with van der Waals surface area (Å²) in [5.41, 5.74) is 0. The summed E-state index contributed by atoms with van der Waals surface area (Å²) in [5, 5.41) is 2.99. The second-order valence-corrected chi connectivity index (χ2v) is 3.52. The number of halogens is 1. The van der Waals surface area contributed by atoms with Crippen molar-refractivity contribution in [2.45, 2.75) is 37.9 Å². The van der Waals surface area contributed by atoms with Crippen LogP contribution in [0.25, 0.3) is 0 Å². The van der Waals surface area contributed by atoms with Crippen molar-refractivity contribution >= 4 is 0 Å². The highest BCUT2D eigenvalue weighted by atomic mass is 19.1. The molecule has 0 aromatic rings. The number of nitrogens with one attached hydrogen (secondary N) is 1. The number of hydrogen-bond donors (Lipinski definition) is 1. The monoisotopic (exact) mass is 143 g/mol.